The molecule has 8 heteroatoms. The molecular weight excluding hydrogens is 380 g/mol. The van der Waals surface area contributed by atoms with Crippen LogP contribution in [0.1, 0.15) is 23.8 Å². The second-order valence-corrected chi connectivity index (χ2v) is 6.51. The van der Waals surface area contributed by atoms with Gasteiger partial charge >= 0.3 is 0 Å². The van der Waals surface area contributed by atoms with E-state index in [0.717, 1.165) is 6.42 Å². The third-order valence-electron chi connectivity index (χ3n) is 4.35. The highest BCUT2D eigenvalue weighted by Crippen LogP contribution is 2.42. The number of amides is 1. The summed E-state index contributed by atoms with van der Waals surface area (Å²) < 4.78 is 10.8. The molecule has 1 heterocycles. The number of hydrogen-bond acceptors (Lipinski definition) is 6. The molecule has 0 atom stereocenters. The third kappa shape index (κ3) is 3.53. The first kappa shape index (κ1) is 19.7. The van der Waals surface area contributed by atoms with E-state index >= 15 is 0 Å². The number of methoxy groups -OCH3 is 2. The van der Waals surface area contributed by atoms with Crippen LogP contribution >= 0.6 is 11.6 Å². The molecule has 0 bridgehead atoms. The van der Waals surface area contributed by atoms with Crippen molar-refractivity contribution in [2.24, 2.45) is 0 Å². The minimum atomic E-state index is -0.357. The predicted octanol–water partition coefficient (Wildman–Crippen LogP) is 3.69. The smallest absolute Gasteiger partial charge is 0.273 e. The number of halogens is 1. The topological polar surface area (TPSA) is 99.4 Å². The van der Waals surface area contributed by atoms with Crippen molar-refractivity contribution in [3.8, 4) is 22.6 Å². The van der Waals surface area contributed by atoms with Gasteiger partial charge in [-0.1, -0.05) is 18.5 Å². The summed E-state index contributed by atoms with van der Waals surface area (Å²) in [5.41, 5.74) is 8.36. The van der Waals surface area contributed by atoms with E-state index < -0.39 is 0 Å². The molecule has 0 aliphatic heterocycles. The van der Waals surface area contributed by atoms with E-state index in [4.69, 9.17) is 26.8 Å². The third-order valence-corrected chi connectivity index (χ3v) is 4.66. The monoisotopic (exact) mass is 400 g/mol. The highest BCUT2D eigenvalue weighted by molar-refractivity contribution is 6.35. The second kappa shape index (κ2) is 8.31. The molecule has 0 saturated carbocycles. The van der Waals surface area contributed by atoms with Crippen LogP contribution in [0.2, 0.25) is 5.02 Å². The van der Waals surface area contributed by atoms with Crippen LogP contribution in [0.15, 0.2) is 30.3 Å². The molecule has 0 unspecified atom stereocenters. The average Bonchev–Trinajstić information content (AvgIpc) is 2.71. The number of anilines is 1. The zero-order valence-corrected chi connectivity index (χ0v) is 16.6. The van der Waals surface area contributed by atoms with Crippen LogP contribution < -0.4 is 20.5 Å². The van der Waals surface area contributed by atoms with Crippen LogP contribution in [-0.2, 0) is 0 Å². The normalized spacial score (nSPS) is 10.7. The van der Waals surface area contributed by atoms with Crippen LogP contribution in [0, 0.1) is 0 Å². The van der Waals surface area contributed by atoms with E-state index in [1.807, 2.05) is 6.92 Å². The fraction of sp³-hybridized carbons (Fsp3) is 0.250. The molecule has 0 aliphatic carbocycles. The Kier molecular flexibility index (Phi) is 5.84. The van der Waals surface area contributed by atoms with Gasteiger partial charge in [0.25, 0.3) is 5.91 Å². The molecule has 3 rings (SSSR count). The van der Waals surface area contributed by atoms with Gasteiger partial charge in [0.1, 0.15) is 17.0 Å². The maximum absolute atomic E-state index is 12.3. The maximum atomic E-state index is 12.3. The van der Waals surface area contributed by atoms with Crippen LogP contribution in [-0.4, -0.2) is 36.9 Å². The zero-order valence-electron chi connectivity index (χ0n) is 15.9. The SMILES string of the molecule is CCCNC(=O)c1nnc2c(-c3cc(OC)ccc3OC)c(Cl)ccc2c1N. The van der Waals surface area contributed by atoms with Crippen LogP contribution in [0.5, 0.6) is 11.5 Å². The summed E-state index contributed by atoms with van der Waals surface area (Å²) in [5.74, 6) is 0.880. The van der Waals surface area contributed by atoms with E-state index in [1.165, 1.54) is 0 Å². The first-order valence-electron chi connectivity index (χ1n) is 8.76. The molecule has 1 aromatic heterocycles. The lowest BCUT2D eigenvalue weighted by Gasteiger charge is -2.15. The van der Waals surface area contributed by atoms with Crippen molar-refractivity contribution in [1.29, 1.82) is 0 Å². The van der Waals surface area contributed by atoms with Crippen LogP contribution in [0.3, 0.4) is 0 Å². The van der Waals surface area contributed by atoms with Crippen molar-refractivity contribution in [3.05, 3.63) is 41.0 Å². The largest absolute Gasteiger partial charge is 0.497 e. The molecule has 0 saturated heterocycles. The van der Waals surface area contributed by atoms with E-state index in [-0.39, 0.29) is 17.3 Å². The molecule has 28 heavy (non-hydrogen) atoms. The number of nitrogens with zero attached hydrogens (tertiary/aromatic N) is 2. The van der Waals surface area contributed by atoms with Gasteiger partial charge in [0.2, 0.25) is 0 Å². The fourth-order valence-electron chi connectivity index (χ4n) is 2.92. The minimum absolute atomic E-state index is 0.0897. The lowest BCUT2D eigenvalue weighted by Crippen LogP contribution is -2.26. The van der Waals surface area contributed by atoms with Gasteiger partial charge < -0.3 is 20.5 Å². The van der Waals surface area contributed by atoms with Gasteiger partial charge in [0.05, 0.1) is 24.9 Å². The van der Waals surface area contributed by atoms with Crippen molar-refractivity contribution in [1.82, 2.24) is 15.5 Å². The molecule has 0 aliphatic rings. The number of nitrogen functional groups attached to an aromatic ring is 1. The van der Waals surface area contributed by atoms with E-state index in [0.29, 0.717) is 45.1 Å². The van der Waals surface area contributed by atoms with Gasteiger partial charge in [-0.2, -0.15) is 0 Å². The summed E-state index contributed by atoms with van der Waals surface area (Å²) in [6.45, 7) is 2.50. The van der Waals surface area contributed by atoms with Gasteiger partial charge in [-0.3, -0.25) is 4.79 Å². The molecule has 3 aromatic rings. The number of nitrogens with two attached hydrogens (primary N) is 1. The fourth-order valence-corrected chi connectivity index (χ4v) is 3.18. The van der Waals surface area contributed by atoms with Crippen molar-refractivity contribution < 1.29 is 14.3 Å². The molecular formula is C20H21ClN4O3. The second-order valence-electron chi connectivity index (χ2n) is 6.10. The number of hydrogen-bond donors (Lipinski definition) is 2. The van der Waals surface area contributed by atoms with Crippen LogP contribution in [0.25, 0.3) is 22.0 Å². The zero-order chi connectivity index (χ0) is 20.3. The summed E-state index contributed by atoms with van der Waals surface area (Å²) in [7, 11) is 3.15. The molecule has 0 radical (unpaired) electrons. The molecule has 7 nitrogen and oxygen atoms in total. The first-order valence-corrected chi connectivity index (χ1v) is 9.14. The summed E-state index contributed by atoms with van der Waals surface area (Å²) in [6.07, 6.45) is 0.808. The first-order chi connectivity index (χ1) is 13.5. The Balaban J connectivity index is 2.24. The molecule has 146 valence electrons. The summed E-state index contributed by atoms with van der Waals surface area (Å²) >= 11 is 6.50. The minimum Gasteiger partial charge on any atom is -0.497 e. The average molecular weight is 401 g/mol. The van der Waals surface area contributed by atoms with Gasteiger partial charge in [0, 0.05) is 23.1 Å². The lowest BCUT2D eigenvalue weighted by molar-refractivity contribution is 0.0949. The van der Waals surface area contributed by atoms with E-state index in [9.17, 15) is 4.79 Å². The molecule has 2 aromatic carbocycles. The Morgan fingerprint density at radius 3 is 2.64 bits per heavy atom. The van der Waals surface area contributed by atoms with Gasteiger partial charge in [-0.05, 0) is 36.8 Å². The lowest BCUT2D eigenvalue weighted by atomic mass is 9.99. The highest BCUT2D eigenvalue weighted by Gasteiger charge is 2.21. The standard InChI is InChI=1S/C20H21ClN4O3/c1-4-9-23-20(26)19-17(22)12-6-7-14(21)16(18(12)24-25-19)13-10-11(27-2)5-8-15(13)28-3/h5-8,10H,4,9H2,1-3H3,(H2,22,24)(H,23,26). The molecule has 3 N–H and O–H groups in total. The number of ether oxygens (including phenoxy) is 2. The van der Waals surface area contributed by atoms with Crippen molar-refractivity contribution in [3.63, 3.8) is 0 Å². The van der Waals surface area contributed by atoms with Crippen molar-refractivity contribution in [2.45, 2.75) is 13.3 Å². The van der Waals surface area contributed by atoms with Crippen LogP contribution in [0.4, 0.5) is 5.69 Å². The number of carbonyl (C=O) groups excluding carboxylic acids is 1. The summed E-state index contributed by atoms with van der Waals surface area (Å²) in [4.78, 5) is 12.3. The van der Waals surface area contributed by atoms with Gasteiger partial charge in [-0.25, -0.2) is 0 Å². The Hall–Kier alpha value is -3.06. The maximum Gasteiger partial charge on any atom is 0.273 e. The van der Waals surface area contributed by atoms with Crippen molar-refractivity contribution >= 4 is 34.1 Å². The Morgan fingerprint density at radius 2 is 1.96 bits per heavy atom. The number of nitrogens with one attached hydrogen (secondary N) is 1. The van der Waals surface area contributed by atoms with Crippen molar-refractivity contribution in [2.75, 3.05) is 26.5 Å². The summed E-state index contributed by atoms with van der Waals surface area (Å²) in [5, 5.41) is 12.1. The van der Waals surface area contributed by atoms with Gasteiger partial charge in [-0.15, -0.1) is 10.2 Å². The van der Waals surface area contributed by atoms with E-state index in [2.05, 4.69) is 15.5 Å². The van der Waals surface area contributed by atoms with Gasteiger partial charge in [0.15, 0.2) is 5.69 Å². The Morgan fingerprint density at radius 1 is 1.18 bits per heavy atom. The number of fused-ring (bicyclic) bond motifs is 1. The summed E-state index contributed by atoms with van der Waals surface area (Å²) in [6, 6.07) is 8.82. The quantitative estimate of drug-likeness (QED) is 0.654. The Bertz CT molecular complexity index is 1040. The number of carbonyl (C=O) groups is 1. The van der Waals surface area contributed by atoms with E-state index in [1.54, 1.807) is 44.6 Å². The highest BCUT2D eigenvalue weighted by atomic mass is 35.5. The molecule has 0 fully saturated rings. The number of rotatable bonds is 6. The number of aromatic nitrogens is 2. The number of benzene rings is 2. The molecule has 0 spiro atoms. The Labute approximate surface area is 167 Å². The predicted molar refractivity (Wildman–Crippen MR) is 110 cm³/mol. The molecule has 1 amide bonds.